The third-order valence-corrected chi connectivity index (χ3v) is 3.41. The molecule has 118 valence electrons. The van der Waals surface area contributed by atoms with Crippen molar-refractivity contribution >= 4 is 11.4 Å². The quantitative estimate of drug-likeness (QED) is 0.928. The maximum Gasteiger partial charge on any atom is 0.573 e. The zero-order valence-electron chi connectivity index (χ0n) is 11.7. The highest BCUT2D eigenvalue weighted by atomic mass is 19.4. The molecule has 0 saturated heterocycles. The molecule has 1 fully saturated rings. The van der Waals surface area contributed by atoms with Gasteiger partial charge in [-0.15, -0.1) is 13.2 Å². The molecule has 0 amide bonds. The standard InChI is InChI=1S/C15H14F3NO3/c1-8-13(20)12(14(21-8)19-10-5-6-10)9-3-2-4-11(7-9)22-15(16,17)18/h2-4,7-8,10,19H,5-6H2,1H3. The van der Waals surface area contributed by atoms with Crippen molar-refractivity contribution in [2.45, 2.75) is 38.3 Å². The number of alkyl halides is 3. The Morgan fingerprint density at radius 3 is 2.68 bits per heavy atom. The van der Waals surface area contributed by atoms with Gasteiger partial charge >= 0.3 is 6.36 Å². The number of Topliss-reactive ketones (excluding diaryl/α,β-unsaturated/α-hetero) is 1. The molecule has 22 heavy (non-hydrogen) atoms. The molecule has 0 aromatic heterocycles. The molecule has 3 rings (SSSR count). The number of ketones is 1. The van der Waals surface area contributed by atoms with Gasteiger partial charge in [0.1, 0.15) is 5.75 Å². The Kier molecular flexibility index (Phi) is 3.50. The summed E-state index contributed by atoms with van der Waals surface area (Å²) in [5.41, 5.74) is 0.617. The minimum atomic E-state index is -4.77. The van der Waals surface area contributed by atoms with E-state index in [1.807, 2.05) is 0 Å². The molecule has 0 radical (unpaired) electrons. The van der Waals surface area contributed by atoms with Crippen LogP contribution in [0.3, 0.4) is 0 Å². The third-order valence-electron chi connectivity index (χ3n) is 3.41. The van der Waals surface area contributed by atoms with Crippen LogP contribution >= 0.6 is 0 Å². The average Bonchev–Trinajstić information content (AvgIpc) is 3.16. The predicted octanol–water partition coefficient (Wildman–Crippen LogP) is 2.99. The highest BCUT2D eigenvalue weighted by Gasteiger charge is 2.36. The normalized spacial score (nSPS) is 21.8. The van der Waals surface area contributed by atoms with Crippen molar-refractivity contribution in [3.05, 3.63) is 35.7 Å². The second kappa shape index (κ2) is 5.23. The van der Waals surface area contributed by atoms with Gasteiger partial charge in [0.25, 0.3) is 0 Å². The molecule has 1 heterocycles. The second-order valence-corrected chi connectivity index (χ2v) is 5.32. The topological polar surface area (TPSA) is 47.6 Å². The Morgan fingerprint density at radius 2 is 2.05 bits per heavy atom. The molecular weight excluding hydrogens is 299 g/mol. The lowest BCUT2D eigenvalue weighted by molar-refractivity contribution is -0.274. The van der Waals surface area contributed by atoms with Gasteiger partial charge in [-0.25, -0.2) is 0 Å². The Labute approximate surface area is 124 Å². The van der Waals surface area contributed by atoms with Crippen LogP contribution in [0.4, 0.5) is 13.2 Å². The third kappa shape index (κ3) is 3.18. The number of carbonyl (C=O) groups excluding carboxylic acids is 1. The van der Waals surface area contributed by atoms with Gasteiger partial charge in [-0.05, 0) is 37.5 Å². The lowest BCUT2D eigenvalue weighted by atomic mass is 10.0. The van der Waals surface area contributed by atoms with Crippen LogP contribution in [-0.4, -0.2) is 24.3 Å². The lowest BCUT2D eigenvalue weighted by Gasteiger charge is -2.11. The Morgan fingerprint density at radius 1 is 1.32 bits per heavy atom. The van der Waals surface area contributed by atoms with Crippen LogP contribution in [0.25, 0.3) is 5.57 Å². The molecule has 2 aliphatic rings. The van der Waals surface area contributed by atoms with E-state index in [0.29, 0.717) is 11.4 Å². The first-order valence-corrected chi connectivity index (χ1v) is 6.91. The summed E-state index contributed by atoms with van der Waals surface area (Å²) < 4.78 is 46.3. The van der Waals surface area contributed by atoms with Crippen molar-refractivity contribution < 1.29 is 27.4 Å². The van der Waals surface area contributed by atoms with E-state index in [2.05, 4.69) is 10.1 Å². The average molecular weight is 313 g/mol. The Bertz CT molecular complexity index is 635. The molecule has 1 aromatic rings. The van der Waals surface area contributed by atoms with Crippen LogP contribution in [0, 0.1) is 0 Å². The molecule has 1 aliphatic heterocycles. The molecular formula is C15H14F3NO3. The number of nitrogens with one attached hydrogen (secondary N) is 1. The molecule has 1 N–H and O–H groups in total. The molecule has 4 nitrogen and oxygen atoms in total. The number of halogens is 3. The summed E-state index contributed by atoms with van der Waals surface area (Å²) >= 11 is 0. The number of benzene rings is 1. The van der Waals surface area contributed by atoms with E-state index in [9.17, 15) is 18.0 Å². The van der Waals surface area contributed by atoms with Gasteiger partial charge in [-0.1, -0.05) is 12.1 Å². The smallest absolute Gasteiger partial charge is 0.467 e. The summed E-state index contributed by atoms with van der Waals surface area (Å²) in [6, 6.07) is 5.62. The molecule has 0 bridgehead atoms. The first-order valence-electron chi connectivity index (χ1n) is 6.91. The fourth-order valence-corrected chi connectivity index (χ4v) is 2.25. The van der Waals surface area contributed by atoms with E-state index in [0.717, 1.165) is 12.8 Å². The maximum absolute atomic E-state index is 12.3. The van der Waals surface area contributed by atoms with Crippen molar-refractivity contribution in [1.82, 2.24) is 5.32 Å². The molecule has 1 aliphatic carbocycles. The summed E-state index contributed by atoms with van der Waals surface area (Å²) in [7, 11) is 0. The molecule has 1 atom stereocenters. The maximum atomic E-state index is 12.3. The van der Waals surface area contributed by atoms with Crippen molar-refractivity contribution in [1.29, 1.82) is 0 Å². The Balaban J connectivity index is 1.93. The number of ether oxygens (including phenoxy) is 2. The highest BCUT2D eigenvalue weighted by Crippen LogP contribution is 2.33. The van der Waals surface area contributed by atoms with Crippen LogP contribution in [-0.2, 0) is 9.53 Å². The number of hydrogen-bond acceptors (Lipinski definition) is 4. The van der Waals surface area contributed by atoms with Crippen LogP contribution in [0.2, 0.25) is 0 Å². The number of carbonyl (C=O) groups is 1. The van der Waals surface area contributed by atoms with E-state index in [1.165, 1.54) is 18.2 Å². The number of rotatable bonds is 4. The summed E-state index contributed by atoms with van der Waals surface area (Å²) in [4.78, 5) is 12.2. The van der Waals surface area contributed by atoms with Gasteiger partial charge in [0.2, 0.25) is 5.78 Å². The molecule has 1 aromatic carbocycles. The van der Waals surface area contributed by atoms with E-state index >= 15 is 0 Å². The molecule has 1 unspecified atom stereocenters. The minimum Gasteiger partial charge on any atom is -0.467 e. The van der Waals surface area contributed by atoms with Gasteiger partial charge < -0.3 is 14.8 Å². The van der Waals surface area contributed by atoms with Crippen LogP contribution in [0.1, 0.15) is 25.3 Å². The molecule has 1 saturated carbocycles. The van der Waals surface area contributed by atoms with Crippen LogP contribution in [0.5, 0.6) is 5.75 Å². The largest absolute Gasteiger partial charge is 0.573 e. The van der Waals surface area contributed by atoms with Crippen LogP contribution in [0.15, 0.2) is 30.1 Å². The van der Waals surface area contributed by atoms with Crippen molar-refractivity contribution in [3.63, 3.8) is 0 Å². The molecule has 0 spiro atoms. The SMILES string of the molecule is CC1OC(NC2CC2)=C(c2cccc(OC(F)(F)F)c2)C1=O. The van der Waals surface area contributed by atoms with Crippen molar-refractivity contribution in [2.24, 2.45) is 0 Å². The van der Waals surface area contributed by atoms with Crippen molar-refractivity contribution in [3.8, 4) is 5.75 Å². The first-order chi connectivity index (χ1) is 10.3. The van der Waals surface area contributed by atoms with Gasteiger partial charge in [0.05, 0.1) is 5.57 Å². The zero-order chi connectivity index (χ0) is 15.9. The van der Waals surface area contributed by atoms with Gasteiger partial charge in [-0.3, -0.25) is 4.79 Å². The van der Waals surface area contributed by atoms with E-state index in [1.54, 1.807) is 13.0 Å². The Hall–Kier alpha value is -2.18. The van der Waals surface area contributed by atoms with E-state index in [-0.39, 0.29) is 23.1 Å². The monoisotopic (exact) mass is 313 g/mol. The number of hydrogen-bond donors (Lipinski definition) is 1. The summed E-state index contributed by atoms with van der Waals surface area (Å²) in [6.45, 7) is 1.61. The van der Waals surface area contributed by atoms with Gasteiger partial charge in [-0.2, -0.15) is 0 Å². The lowest BCUT2D eigenvalue weighted by Crippen LogP contribution is -2.18. The van der Waals surface area contributed by atoms with Crippen LogP contribution < -0.4 is 10.1 Å². The molecule has 7 heteroatoms. The zero-order valence-corrected chi connectivity index (χ0v) is 11.7. The van der Waals surface area contributed by atoms with E-state index < -0.39 is 12.5 Å². The first kappa shape index (κ1) is 14.7. The fraction of sp³-hybridized carbons (Fsp3) is 0.400. The fourth-order valence-electron chi connectivity index (χ4n) is 2.25. The summed E-state index contributed by atoms with van der Waals surface area (Å²) in [6.07, 6.45) is -3.45. The predicted molar refractivity (Wildman–Crippen MR) is 71.8 cm³/mol. The summed E-state index contributed by atoms with van der Waals surface area (Å²) in [5.74, 6) is -0.285. The van der Waals surface area contributed by atoms with Crippen molar-refractivity contribution in [2.75, 3.05) is 0 Å². The van der Waals surface area contributed by atoms with Gasteiger partial charge in [0, 0.05) is 6.04 Å². The highest BCUT2D eigenvalue weighted by molar-refractivity contribution is 6.24. The second-order valence-electron chi connectivity index (χ2n) is 5.32. The minimum absolute atomic E-state index is 0.257. The van der Waals surface area contributed by atoms with Gasteiger partial charge in [0.15, 0.2) is 12.0 Å². The van der Waals surface area contributed by atoms with E-state index in [4.69, 9.17) is 4.74 Å². The summed E-state index contributed by atoms with van der Waals surface area (Å²) in [5, 5.41) is 3.10.